The molecule has 0 saturated heterocycles. The molecule has 1 heterocycles. The van der Waals surface area contributed by atoms with Crippen molar-refractivity contribution in [1.29, 1.82) is 0 Å². The standard InChI is InChI=1S/C23H23ClN2O6/c24-16-6-7-18(26-21(27)14-2-4-15(5-3-14)23(29)30)17(10-16)22(28)25-11-13-1-8-19-20(9-13)32-12-31-19/h1,6-10,14-15H,2-5,11-12H2,(H,25,28)(H,26,27)(H,29,30). The van der Waals surface area contributed by atoms with Gasteiger partial charge in [-0.05, 0) is 61.6 Å². The summed E-state index contributed by atoms with van der Waals surface area (Å²) in [5.41, 5.74) is 1.46. The van der Waals surface area contributed by atoms with Gasteiger partial charge in [0.15, 0.2) is 11.5 Å². The van der Waals surface area contributed by atoms with E-state index >= 15 is 0 Å². The Kier molecular flexibility index (Phi) is 6.50. The summed E-state index contributed by atoms with van der Waals surface area (Å²) in [6.45, 7) is 0.434. The fraction of sp³-hybridized carbons (Fsp3) is 0.348. The Balaban J connectivity index is 1.40. The molecule has 1 aliphatic heterocycles. The first-order chi connectivity index (χ1) is 15.4. The summed E-state index contributed by atoms with van der Waals surface area (Å²) in [6, 6.07) is 10.1. The van der Waals surface area contributed by atoms with Gasteiger partial charge < -0.3 is 25.2 Å². The van der Waals surface area contributed by atoms with Gasteiger partial charge in [-0.1, -0.05) is 17.7 Å². The first kappa shape index (κ1) is 22.0. The van der Waals surface area contributed by atoms with E-state index < -0.39 is 11.9 Å². The number of rotatable bonds is 6. The summed E-state index contributed by atoms with van der Waals surface area (Å²) in [5, 5.41) is 15.2. The number of halogens is 1. The lowest BCUT2D eigenvalue weighted by atomic mass is 9.81. The van der Waals surface area contributed by atoms with Crippen LogP contribution in [-0.2, 0) is 16.1 Å². The maximum Gasteiger partial charge on any atom is 0.306 e. The molecule has 9 heteroatoms. The second-order valence-electron chi connectivity index (χ2n) is 7.94. The van der Waals surface area contributed by atoms with Crippen LogP contribution in [-0.4, -0.2) is 29.7 Å². The molecule has 1 aliphatic carbocycles. The summed E-state index contributed by atoms with van der Waals surface area (Å²) >= 11 is 6.09. The van der Waals surface area contributed by atoms with E-state index in [2.05, 4.69) is 10.6 Å². The molecule has 4 rings (SSSR count). The minimum absolute atomic E-state index is 0.175. The summed E-state index contributed by atoms with van der Waals surface area (Å²) in [4.78, 5) is 36.7. The van der Waals surface area contributed by atoms with Gasteiger partial charge in [0.25, 0.3) is 5.91 Å². The second kappa shape index (κ2) is 9.48. The fourth-order valence-corrected chi connectivity index (χ4v) is 4.15. The van der Waals surface area contributed by atoms with E-state index in [9.17, 15) is 14.4 Å². The molecule has 2 aromatic carbocycles. The number of nitrogens with one attached hydrogen (secondary N) is 2. The van der Waals surface area contributed by atoms with Crippen LogP contribution in [0.25, 0.3) is 0 Å². The van der Waals surface area contributed by atoms with Crippen LogP contribution < -0.4 is 20.1 Å². The van der Waals surface area contributed by atoms with Gasteiger partial charge in [0.05, 0.1) is 17.2 Å². The van der Waals surface area contributed by atoms with Crippen LogP contribution in [0.4, 0.5) is 5.69 Å². The molecular formula is C23H23ClN2O6. The monoisotopic (exact) mass is 458 g/mol. The Hall–Kier alpha value is -3.26. The third-order valence-electron chi connectivity index (χ3n) is 5.82. The first-order valence-corrected chi connectivity index (χ1v) is 10.8. The van der Waals surface area contributed by atoms with E-state index in [1.54, 1.807) is 24.3 Å². The number of carbonyl (C=O) groups excluding carboxylic acids is 2. The lowest BCUT2D eigenvalue weighted by Gasteiger charge is -2.25. The zero-order valence-corrected chi connectivity index (χ0v) is 18.0. The van der Waals surface area contributed by atoms with Gasteiger partial charge in [0.2, 0.25) is 12.7 Å². The lowest BCUT2D eigenvalue weighted by Crippen LogP contribution is -2.30. The van der Waals surface area contributed by atoms with Crippen molar-refractivity contribution in [3.8, 4) is 11.5 Å². The zero-order chi connectivity index (χ0) is 22.7. The number of fused-ring (bicyclic) bond motifs is 1. The zero-order valence-electron chi connectivity index (χ0n) is 17.2. The molecule has 3 N–H and O–H groups in total. The summed E-state index contributed by atoms with van der Waals surface area (Å²) < 4.78 is 10.6. The third-order valence-corrected chi connectivity index (χ3v) is 6.06. The van der Waals surface area contributed by atoms with Crippen LogP contribution in [0.15, 0.2) is 36.4 Å². The van der Waals surface area contributed by atoms with Crippen molar-refractivity contribution < 1.29 is 29.0 Å². The van der Waals surface area contributed by atoms with Crippen LogP contribution in [0, 0.1) is 11.8 Å². The van der Waals surface area contributed by atoms with Gasteiger partial charge in [0.1, 0.15) is 0 Å². The Labute approximate surface area is 189 Å². The van der Waals surface area contributed by atoms with Crippen LogP contribution >= 0.6 is 11.6 Å². The minimum Gasteiger partial charge on any atom is -0.481 e. The quantitative estimate of drug-likeness (QED) is 0.606. The predicted molar refractivity (Wildman–Crippen MR) is 117 cm³/mol. The Morgan fingerprint density at radius 1 is 0.969 bits per heavy atom. The number of benzene rings is 2. The predicted octanol–water partition coefficient (Wildman–Crippen LogP) is 3.83. The molecule has 0 radical (unpaired) electrons. The van der Waals surface area contributed by atoms with Gasteiger partial charge in [-0.15, -0.1) is 0 Å². The Morgan fingerprint density at radius 2 is 1.69 bits per heavy atom. The van der Waals surface area contributed by atoms with Crippen molar-refractivity contribution in [1.82, 2.24) is 5.32 Å². The molecule has 2 aromatic rings. The van der Waals surface area contributed by atoms with Gasteiger partial charge in [-0.2, -0.15) is 0 Å². The normalized spacial score (nSPS) is 19.3. The number of carboxylic acids is 1. The van der Waals surface area contributed by atoms with E-state index in [4.69, 9.17) is 26.2 Å². The van der Waals surface area contributed by atoms with Gasteiger partial charge in [-0.25, -0.2) is 0 Å². The van der Waals surface area contributed by atoms with E-state index in [0.29, 0.717) is 47.9 Å². The van der Waals surface area contributed by atoms with E-state index in [1.165, 1.54) is 6.07 Å². The number of anilines is 1. The number of amides is 2. The van der Waals surface area contributed by atoms with Gasteiger partial charge in [0, 0.05) is 17.5 Å². The largest absolute Gasteiger partial charge is 0.481 e. The fourth-order valence-electron chi connectivity index (χ4n) is 3.98. The molecule has 1 saturated carbocycles. The number of aliphatic carboxylic acids is 1. The highest BCUT2D eigenvalue weighted by molar-refractivity contribution is 6.31. The second-order valence-corrected chi connectivity index (χ2v) is 8.37. The van der Waals surface area contributed by atoms with Crippen LogP contribution in [0.1, 0.15) is 41.6 Å². The molecule has 32 heavy (non-hydrogen) atoms. The summed E-state index contributed by atoms with van der Waals surface area (Å²) in [7, 11) is 0. The van der Waals surface area contributed by atoms with E-state index in [1.807, 2.05) is 6.07 Å². The molecule has 168 valence electrons. The SMILES string of the molecule is O=C(NCc1ccc2c(c1)OCO2)c1cc(Cl)ccc1NC(=O)C1CCC(C(=O)O)CC1. The van der Waals surface area contributed by atoms with E-state index in [-0.39, 0.29) is 36.6 Å². The maximum absolute atomic E-state index is 12.9. The number of carboxylic acid groups (broad SMARTS) is 1. The van der Waals surface area contributed by atoms with Crippen molar-refractivity contribution in [2.45, 2.75) is 32.2 Å². The third kappa shape index (κ3) is 4.96. The maximum atomic E-state index is 12.9. The van der Waals surface area contributed by atoms with Crippen molar-refractivity contribution in [2.24, 2.45) is 11.8 Å². The van der Waals surface area contributed by atoms with E-state index in [0.717, 1.165) is 5.56 Å². The number of hydrogen-bond acceptors (Lipinski definition) is 5. The molecule has 0 spiro atoms. The van der Waals surface area contributed by atoms with Gasteiger partial charge in [-0.3, -0.25) is 14.4 Å². The topological polar surface area (TPSA) is 114 Å². The van der Waals surface area contributed by atoms with Crippen molar-refractivity contribution >= 4 is 35.1 Å². The molecular weight excluding hydrogens is 436 g/mol. The Bertz CT molecular complexity index is 1050. The van der Waals surface area contributed by atoms with Crippen molar-refractivity contribution in [3.05, 3.63) is 52.5 Å². The van der Waals surface area contributed by atoms with Crippen molar-refractivity contribution in [3.63, 3.8) is 0 Å². The molecule has 0 unspecified atom stereocenters. The highest BCUT2D eigenvalue weighted by Gasteiger charge is 2.30. The number of ether oxygens (including phenoxy) is 2. The molecule has 2 aliphatic rings. The molecule has 2 amide bonds. The number of hydrogen-bond donors (Lipinski definition) is 3. The van der Waals surface area contributed by atoms with Gasteiger partial charge >= 0.3 is 5.97 Å². The minimum atomic E-state index is -0.817. The summed E-state index contributed by atoms with van der Waals surface area (Å²) in [5.74, 6) is -0.806. The highest BCUT2D eigenvalue weighted by atomic mass is 35.5. The highest BCUT2D eigenvalue weighted by Crippen LogP contribution is 2.33. The molecule has 0 bridgehead atoms. The average Bonchev–Trinajstić information content (AvgIpc) is 3.26. The first-order valence-electron chi connectivity index (χ1n) is 10.4. The number of carbonyl (C=O) groups is 3. The lowest BCUT2D eigenvalue weighted by molar-refractivity contribution is -0.143. The molecule has 1 fully saturated rings. The summed E-state index contributed by atoms with van der Waals surface area (Å²) in [6.07, 6.45) is 1.94. The smallest absolute Gasteiger partial charge is 0.306 e. The average molecular weight is 459 g/mol. The van der Waals surface area contributed by atoms with Crippen LogP contribution in [0.3, 0.4) is 0 Å². The molecule has 8 nitrogen and oxygen atoms in total. The molecule has 0 aromatic heterocycles. The molecule has 0 atom stereocenters. The Morgan fingerprint density at radius 3 is 2.44 bits per heavy atom. The van der Waals surface area contributed by atoms with Crippen LogP contribution in [0.5, 0.6) is 11.5 Å². The van der Waals surface area contributed by atoms with Crippen LogP contribution in [0.2, 0.25) is 5.02 Å². The van der Waals surface area contributed by atoms with Crippen molar-refractivity contribution in [2.75, 3.05) is 12.1 Å².